The maximum atomic E-state index is 5.65. The van der Waals surface area contributed by atoms with Crippen molar-refractivity contribution in [2.75, 3.05) is 46.4 Å². The first-order valence-electron chi connectivity index (χ1n) is 9.95. The van der Waals surface area contributed by atoms with Crippen LogP contribution in [0.4, 0.5) is 0 Å². The second-order valence-corrected chi connectivity index (χ2v) is 8.44. The molecule has 2 heterocycles. The van der Waals surface area contributed by atoms with Crippen molar-refractivity contribution in [3.63, 3.8) is 0 Å². The van der Waals surface area contributed by atoms with Gasteiger partial charge in [0.25, 0.3) is 0 Å². The summed E-state index contributed by atoms with van der Waals surface area (Å²) in [6, 6.07) is 4.92. The van der Waals surface area contributed by atoms with E-state index in [-0.39, 0.29) is 0 Å². The molecule has 0 aromatic carbocycles. The maximum absolute atomic E-state index is 5.65. The van der Waals surface area contributed by atoms with E-state index in [0.29, 0.717) is 24.5 Å². The van der Waals surface area contributed by atoms with E-state index >= 15 is 0 Å². The highest BCUT2D eigenvalue weighted by Gasteiger charge is 2.31. The number of guanidine groups is 1. The van der Waals surface area contributed by atoms with Crippen LogP contribution in [0.1, 0.15) is 44.5 Å². The molecule has 148 valence electrons. The minimum absolute atomic E-state index is 0.491. The monoisotopic (exact) mass is 380 g/mol. The van der Waals surface area contributed by atoms with E-state index in [1.807, 2.05) is 11.3 Å². The van der Waals surface area contributed by atoms with E-state index in [1.165, 1.54) is 24.3 Å². The van der Waals surface area contributed by atoms with Crippen molar-refractivity contribution in [2.45, 2.75) is 39.7 Å². The Morgan fingerprint density at radius 1 is 1.42 bits per heavy atom. The molecule has 2 unspecified atom stereocenters. The maximum Gasteiger partial charge on any atom is 0.191 e. The van der Waals surface area contributed by atoms with E-state index in [9.17, 15) is 0 Å². The third-order valence-corrected chi connectivity index (χ3v) is 5.60. The molecule has 1 aromatic rings. The Balaban J connectivity index is 1.89. The molecule has 0 radical (unpaired) electrons. The molecule has 6 heteroatoms. The van der Waals surface area contributed by atoms with E-state index < -0.39 is 0 Å². The number of nitrogens with zero attached hydrogens (tertiary/aromatic N) is 2. The van der Waals surface area contributed by atoms with Gasteiger partial charge in [-0.2, -0.15) is 0 Å². The molecule has 1 aromatic heterocycles. The molecule has 0 bridgehead atoms. The molecule has 2 N–H and O–H groups in total. The first kappa shape index (κ1) is 21.2. The number of hydrogen-bond acceptors (Lipinski definition) is 4. The summed E-state index contributed by atoms with van der Waals surface area (Å²) in [4.78, 5) is 8.84. The first-order valence-corrected chi connectivity index (χ1v) is 10.8. The average Bonchev–Trinajstić information content (AvgIpc) is 3.13. The molecule has 1 saturated heterocycles. The lowest BCUT2D eigenvalue weighted by atomic mass is 9.88. The van der Waals surface area contributed by atoms with Gasteiger partial charge in [-0.25, -0.2) is 0 Å². The zero-order valence-electron chi connectivity index (χ0n) is 16.8. The van der Waals surface area contributed by atoms with Crippen LogP contribution < -0.4 is 10.6 Å². The highest BCUT2D eigenvalue weighted by Crippen LogP contribution is 2.37. The van der Waals surface area contributed by atoms with Gasteiger partial charge in [-0.3, -0.25) is 9.89 Å². The summed E-state index contributed by atoms with van der Waals surface area (Å²) in [5.41, 5.74) is 0. The molecule has 0 saturated carbocycles. The summed E-state index contributed by atoms with van der Waals surface area (Å²) in [6.07, 6.45) is 2.50. The number of aliphatic imine (C=N–C) groups is 1. The van der Waals surface area contributed by atoms with Gasteiger partial charge in [-0.15, -0.1) is 11.3 Å². The summed E-state index contributed by atoms with van der Waals surface area (Å²) in [5, 5.41) is 8.93. The molecule has 5 nitrogen and oxygen atoms in total. The van der Waals surface area contributed by atoms with Gasteiger partial charge in [0.15, 0.2) is 5.96 Å². The van der Waals surface area contributed by atoms with Crippen LogP contribution in [0, 0.1) is 11.8 Å². The van der Waals surface area contributed by atoms with Crippen LogP contribution in [0.2, 0.25) is 0 Å². The summed E-state index contributed by atoms with van der Waals surface area (Å²) >= 11 is 1.87. The zero-order valence-corrected chi connectivity index (χ0v) is 17.6. The topological polar surface area (TPSA) is 48.9 Å². The number of ether oxygens (including phenoxy) is 1. The molecule has 1 aliphatic rings. The molecular weight excluding hydrogens is 344 g/mol. The molecule has 2 atom stereocenters. The summed E-state index contributed by atoms with van der Waals surface area (Å²) in [5.74, 6) is 2.05. The zero-order chi connectivity index (χ0) is 18.8. The van der Waals surface area contributed by atoms with Crippen LogP contribution in [-0.2, 0) is 4.74 Å². The van der Waals surface area contributed by atoms with Crippen molar-refractivity contribution < 1.29 is 4.74 Å². The largest absolute Gasteiger partial charge is 0.379 e. The highest BCUT2D eigenvalue weighted by molar-refractivity contribution is 7.10. The van der Waals surface area contributed by atoms with Crippen LogP contribution in [0.25, 0.3) is 0 Å². The highest BCUT2D eigenvalue weighted by atomic mass is 32.1. The van der Waals surface area contributed by atoms with E-state index in [2.05, 4.69) is 60.9 Å². The van der Waals surface area contributed by atoms with Crippen molar-refractivity contribution in [1.82, 2.24) is 15.5 Å². The Bertz CT molecular complexity index is 518. The Hall–Kier alpha value is -1.11. The van der Waals surface area contributed by atoms with Crippen molar-refractivity contribution in [3.8, 4) is 0 Å². The molecule has 2 rings (SSSR count). The predicted molar refractivity (Wildman–Crippen MR) is 112 cm³/mol. The average molecular weight is 381 g/mol. The number of thiophene rings is 1. The number of piperidine rings is 1. The molecule has 0 spiro atoms. The van der Waals surface area contributed by atoms with Crippen LogP contribution in [0.5, 0.6) is 0 Å². The standard InChI is InChI=1S/C20H36N4OS/c1-5-21-20(22-10-12-25-15-16(2)3)23-14-17-8-6-11-24(4)19(17)18-9-7-13-26-18/h7,9,13,16-17,19H,5-6,8,10-12,14-15H2,1-4H3,(H2,21,22,23). The fraction of sp³-hybridized carbons (Fsp3) is 0.750. The van der Waals surface area contributed by atoms with Crippen molar-refractivity contribution in [1.29, 1.82) is 0 Å². The van der Waals surface area contributed by atoms with Gasteiger partial charge in [0.05, 0.1) is 6.61 Å². The number of rotatable bonds is 9. The van der Waals surface area contributed by atoms with Crippen molar-refractivity contribution in [2.24, 2.45) is 16.8 Å². The first-order chi connectivity index (χ1) is 12.6. The third kappa shape index (κ3) is 6.89. The Morgan fingerprint density at radius 3 is 2.96 bits per heavy atom. The fourth-order valence-corrected chi connectivity index (χ4v) is 4.45. The second kappa shape index (κ2) is 11.6. The molecule has 1 aliphatic heterocycles. The minimum Gasteiger partial charge on any atom is -0.379 e. The SMILES string of the molecule is CCNC(=NCC1CCCN(C)C1c1cccs1)NCCOCC(C)C. The van der Waals surface area contributed by atoms with Gasteiger partial charge in [-0.05, 0) is 56.6 Å². The number of hydrogen-bond donors (Lipinski definition) is 2. The van der Waals surface area contributed by atoms with Crippen LogP contribution in [-0.4, -0.2) is 57.3 Å². The molecular formula is C20H36N4OS. The van der Waals surface area contributed by atoms with E-state index in [1.54, 1.807) is 0 Å². The Labute approximate surface area is 163 Å². The quantitative estimate of drug-likeness (QED) is 0.392. The Morgan fingerprint density at radius 2 is 2.27 bits per heavy atom. The third-order valence-electron chi connectivity index (χ3n) is 4.66. The lowest BCUT2D eigenvalue weighted by Gasteiger charge is -2.38. The number of likely N-dealkylation sites (tertiary alicyclic amines) is 1. The summed E-state index contributed by atoms with van der Waals surface area (Å²) in [6.45, 7) is 11.7. The lowest BCUT2D eigenvalue weighted by molar-refractivity contribution is 0.114. The normalized spacial score (nSPS) is 22.0. The Kier molecular flexibility index (Phi) is 9.43. The molecule has 1 fully saturated rings. The van der Waals surface area contributed by atoms with Gasteiger partial charge >= 0.3 is 0 Å². The van der Waals surface area contributed by atoms with Crippen molar-refractivity contribution >= 4 is 17.3 Å². The van der Waals surface area contributed by atoms with E-state index in [4.69, 9.17) is 9.73 Å². The number of nitrogens with one attached hydrogen (secondary N) is 2. The van der Waals surface area contributed by atoms with Gasteiger partial charge < -0.3 is 15.4 Å². The fourth-order valence-electron chi connectivity index (χ4n) is 3.47. The van der Waals surface area contributed by atoms with Crippen LogP contribution in [0.15, 0.2) is 22.5 Å². The predicted octanol–water partition coefficient (Wildman–Crippen LogP) is 3.36. The molecule has 26 heavy (non-hydrogen) atoms. The van der Waals surface area contributed by atoms with Gasteiger partial charge in [0.2, 0.25) is 0 Å². The van der Waals surface area contributed by atoms with Gasteiger partial charge in [0.1, 0.15) is 0 Å². The smallest absolute Gasteiger partial charge is 0.191 e. The summed E-state index contributed by atoms with van der Waals surface area (Å²) < 4.78 is 5.65. The van der Waals surface area contributed by atoms with Crippen LogP contribution in [0.3, 0.4) is 0 Å². The summed E-state index contributed by atoms with van der Waals surface area (Å²) in [7, 11) is 2.25. The van der Waals surface area contributed by atoms with Gasteiger partial charge in [0, 0.05) is 37.2 Å². The lowest BCUT2D eigenvalue weighted by Crippen LogP contribution is -2.41. The second-order valence-electron chi connectivity index (χ2n) is 7.46. The van der Waals surface area contributed by atoms with Crippen LogP contribution >= 0.6 is 11.3 Å². The molecule has 0 aliphatic carbocycles. The van der Waals surface area contributed by atoms with Crippen molar-refractivity contribution in [3.05, 3.63) is 22.4 Å². The minimum atomic E-state index is 0.491. The van der Waals surface area contributed by atoms with E-state index in [0.717, 1.165) is 32.2 Å². The van der Waals surface area contributed by atoms with Gasteiger partial charge in [-0.1, -0.05) is 19.9 Å². The molecule has 0 amide bonds.